The summed E-state index contributed by atoms with van der Waals surface area (Å²) in [6, 6.07) is 0. The summed E-state index contributed by atoms with van der Waals surface area (Å²) in [6.07, 6.45) is -0.577. The van der Waals surface area contributed by atoms with Crippen LogP contribution in [0.25, 0.3) is 0 Å². The molecule has 0 aliphatic rings. The van der Waals surface area contributed by atoms with Crippen molar-refractivity contribution in [2.45, 2.75) is 40.3 Å². The maximum absolute atomic E-state index is 12.4. The fraction of sp³-hybridized carbons (Fsp3) is 0.600. The third kappa shape index (κ3) is 3.44. The van der Waals surface area contributed by atoms with Gasteiger partial charge in [-0.25, -0.2) is 4.79 Å². The summed E-state index contributed by atoms with van der Waals surface area (Å²) in [6.45, 7) is 7.48. The van der Waals surface area contributed by atoms with Crippen molar-refractivity contribution in [2.24, 2.45) is 0 Å². The van der Waals surface area contributed by atoms with Gasteiger partial charge in [0, 0.05) is 32.0 Å². The number of aliphatic hydroxyl groups excluding tert-OH is 1. The van der Waals surface area contributed by atoms with Gasteiger partial charge in [-0.3, -0.25) is 4.79 Å². The van der Waals surface area contributed by atoms with E-state index in [0.717, 1.165) is 0 Å². The lowest BCUT2D eigenvalue weighted by Crippen LogP contribution is -2.24. The molecule has 6 heteroatoms. The molecule has 0 aliphatic heterocycles. The second kappa shape index (κ2) is 6.76. The maximum Gasteiger partial charge on any atom is 0.340 e. The number of carbonyl (C=O) groups excluding carboxylic acids is 2. The molecule has 1 atom stereocenters. The van der Waals surface area contributed by atoms with Crippen LogP contribution in [0.3, 0.4) is 0 Å². The molecule has 1 aromatic heterocycles. The molecule has 1 rings (SSSR count). The molecule has 1 unspecified atom stereocenters. The van der Waals surface area contributed by atoms with Crippen LogP contribution in [0.4, 0.5) is 0 Å². The molecular weight excluding hydrogens is 272 g/mol. The largest absolute Gasteiger partial charge is 0.462 e. The minimum Gasteiger partial charge on any atom is -0.462 e. The van der Waals surface area contributed by atoms with Gasteiger partial charge >= 0.3 is 5.97 Å². The molecule has 0 bridgehead atoms. The zero-order valence-corrected chi connectivity index (χ0v) is 13.6. The van der Waals surface area contributed by atoms with E-state index in [1.165, 1.54) is 4.90 Å². The van der Waals surface area contributed by atoms with Gasteiger partial charge in [-0.05, 0) is 27.7 Å². The van der Waals surface area contributed by atoms with Crippen LogP contribution in [0, 0.1) is 13.8 Å². The van der Waals surface area contributed by atoms with Crippen LogP contribution >= 0.6 is 0 Å². The molecule has 1 aromatic rings. The predicted molar refractivity (Wildman–Crippen MR) is 79.6 cm³/mol. The first-order valence-electron chi connectivity index (χ1n) is 6.98. The molecule has 0 saturated heterocycles. The number of ether oxygens (including phenoxy) is 1. The molecule has 118 valence electrons. The SMILES string of the molecule is CCOC(=O)c1c(C(=O)N(C)C)c(C)n(CC(C)O)c1C. The molecule has 0 fully saturated rings. The van der Waals surface area contributed by atoms with Crippen molar-refractivity contribution in [1.29, 1.82) is 0 Å². The minimum absolute atomic E-state index is 0.245. The monoisotopic (exact) mass is 296 g/mol. The van der Waals surface area contributed by atoms with Gasteiger partial charge in [-0.15, -0.1) is 0 Å². The number of hydrogen-bond donors (Lipinski definition) is 1. The van der Waals surface area contributed by atoms with Crippen LogP contribution in [-0.2, 0) is 11.3 Å². The van der Waals surface area contributed by atoms with E-state index in [1.54, 1.807) is 46.4 Å². The Kier molecular flexibility index (Phi) is 5.54. The van der Waals surface area contributed by atoms with Gasteiger partial charge < -0.3 is 19.3 Å². The van der Waals surface area contributed by atoms with Gasteiger partial charge in [-0.2, -0.15) is 0 Å². The quantitative estimate of drug-likeness (QED) is 0.833. The van der Waals surface area contributed by atoms with E-state index >= 15 is 0 Å². The summed E-state index contributed by atoms with van der Waals surface area (Å²) in [7, 11) is 3.27. The van der Waals surface area contributed by atoms with E-state index in [2.05, 4.69) is 0 Å². The van der Waals surface area contributed by atoms with Gasteiger partial charge in [0.2, 0.25) is 0 Å². The van der Waals surface area contributed by atoms with Crippen molar-refractivity contribution in [2.75, 3.05) is 20.7 Å². The number of carbonyl (C=O) groups is 2. The number of aromatic nitrogens is 1. The maximum atomic E-state index is 12.4. The molecule has 0 aliphatic carbocycles. The Morgan fingerprint density at radius 1 is 1.24 bits per heavy atom. The lowest BCUT2D eigenvalue weighted by molar-refractivity contribution is 0.0519. The molecule has 0 radical (unpaired) electrons. The number of esters is 1. The number of rotatable bonds is 5. The van der Waals surface area contributed by atoms with Crippen LogP contribution < -0.4 is 0 Å². The second-order valence-corrected chi connectivity index (χ2v) is 5.30. The summed E-state index contributed by atoms with van der Waals surface area (Å²) < 4.78 is 6.85. The highest BCUT2D eigenvalue weighted by Crippen LogP contribution is 2.25. The Morgan fingerprint density at radius 2 is 1.76 bits per heavy atom. The van der Waals surface area contributed by atoms with Crippen LogP contribution in [0.5, 0.6) is 0 Å². The zero-order chi connectivity index (χ0) is 16.3. The Morgan fingerprint density at radius 3 is 2.19 bits per heavy atom. The van der Waals surface area contributed by atoms with E-state index in [0.29, 0.717) is 23.5 Å². The van der Waals surface area contributed by atoms with Crippen molar-refractivity contribution in [3.8, 4) is 0 Å². The number of nitrogens with zero attached hydrogens (tertiary/aromatic N) is 2. The summed E-state index contributed by atoms with van der Waals surface area (Å²) >= 11 is 0. The zero-order valence-electron chi connectivity index (χ0n) is 13.6. The van der Waals surface area contributed by atoms with Crippen molar-refractivity contribution >= 4 is 11.9 Å². The highest BCUT2D eigenvalue weighted by molar-refractivity contribution is 6.07. The van der Waals surface area contributed by atoms with Crippen molar-refractivity contribution in [1.82, 2.24) is 9.47 Å². The summed E-state index contributed by atoms with van der Waals surface area (Å²) in [5.41, 5.74) is 1.93. The first-order valence-corrected chi connectivity index (χ1v) is 6.98. The first kappa shape index (κ1) is 17.2. The molecule has 0 aromatic carbocycles. The van der Waals surface area contributed by atoms with Crippen LogP contribution in [0.15, 0.2) is 0 Å². The van der Waals surface area contributed by atoms with Crippen molar-refractivity contribution in [3.05, 3.63) is 22.5 Å². The predicted octanol–water partition coefficient (Wildman–Crippen LogP) is 1.36. The van der Waals surface area contributed by atoms with E-state index in [-0.39, 0.29) is 18.1 Å². The minimum atomic E-state index is -0.577. The van der Waals surface area contributed by atoms with Gasteiger partial charge in [-0.1, -0.05) is 0 Å². The van der Waals surface area contributed by atoms with E-state index in [9.17, 15) is 14.7 Å². The second-order valence-electron chi connectivity index (χ2n) is 5.30. The third-order valence-electron chi connectivity index (χ3n) is 3.33. The van der Waals surface area contributed by atoms with Gasteiger partial charge in [0.15, 0.2) is 0 Å². The van der Waals surface area contributed by atoms with Crippen LogP contribution in [0.1, 0.15) is 46.0 Å². The Labute approximate surface area is 125 Å². The first-order chi connectivity index (χ1) is 9.72. The highest BCUT2D eigenvalue weighted by Gasteiger charge is 2.29. The van der Waals surface area contributed by atoms with Gasteiger partial charge in [0.05, 0.1) is 23.8 Å². The summed E-state index contributed by atoms with van der Waals surface area (Å²) in [4.78, 5) is 26.0. The van der Waals surface area contributed by atoms with E-state index in [1.807, 2.05) is 0 Å². The van der Waals surface area contributed by atoms with Gasteiger partial charge in [0.1, 0.15) is 0 Å². The van der Waals surface area contributed by atoms with E-state index in [4.69, 9.17) is 4.74 Å². The fourth-order valence-corrected chi connectivity index (χ4v) is 2.36. The molecule has 1 N–H and O–H groups in total. The lowest BCUT2D eigenvalue weighted by atomic mass is 10.1. The standard InChI is InChI=1S/C15H24N2O4/c1-7-21-15(20)13-11(4)17(8-9(2)18)10(3)12(13)14(19)16(5)6/h9,18H,7-8H2,1-6H3. The molecule has 0 saturated carbocycles. The molecule has 21 heavy (non-hydrogen) atoms. The smallest absolute Gasteiger partial charge is 0.340 e. The van der Waals surface area contributed by atoms with Crippen LogP contribution in [0.2, 0.25) is 0 Å². The van der Waals surface area contributed by atoms with Gasteiger partial charge in [0.25, 0.3) is 5.91 Å². The molecule has 1 heterocycles. The average Bonchev–Trinajstić information content (AvgIpc) is 2.62. The number of aliphatic hydroxyl groups is 1. The summed E-state index contributed by atoms with van der Waals surface area (Å²) in [5, 5.41) is 9.61. The highest BCUT2D eigenvalue weighted by atomic mass is 16.5. The Hall–Kier alpha value is -1.82. The van der Waals surface area contributed by atoms with Crippen molar-refractivity contribution in [3.63, 3.8) is 0 Å². The number of hydrogen-bond acceptors (Lipinski definition) is 4. The Bertz CT molecular complexity index is 544. The van der Waals surface area contributed by atoms with E-state index < -0.39 is 12.1 Å². The lowest BCUT2D eigenvalue weighted by Gasteiger charge is -2.13. The molecule has 6 nitrogen and oxygen atoms in total. The molecular formula is C15H24N2O4. The fourth-order valence-electron chi connectivity index (χ4n) is 2.36. The van der Waals surface area contributed by atoms with Crippen molar-refractivity contribution < 1.29 is 19.4 Å². The van der Waals surface area contributed by atoms with Crippen LogP contribution in [-0.4, -0.2) is 53.3 Å². The molecule has 1 amide bonds. The topological polar surface area (TPSA) is 71.8 Å². The average molecular weight is 296 g/mol. The third-order valence-corrected chi connectivity index (χ3v) is 3.33. The molecule has 0 spiro atoms. The normalized spacial score (nSPS) is 12.1. The number of amides is 1. The summed E-state index contributed by atoms with van der Waals surface area (Å²) in [5.74, 6) is -0.754. The Balaban J connectivity index is 3.51.